The van der Waals surface area contributed by atoms with Gasteiger partial charge >= 0.3 is 5.76 Å². The van der Waals surface area contributed by atoms with Gasteiger partial charge in [0.1, 0.15) is 0 Å². The van der Waals surface area contributed by atoms with Gasteiger partial charge in [0.05, 0.1) is 5.52 Å². The van der Waals surface area contributed by atoms with Gasteiger partial charge in [-0.1, -0.05) is 54.6 Å². The fourth-order valence-electron chi connectivity index (χ4n) is 3.63. The zero-order chi connectivity index (χ0) is 20.9. The first-order chi connectivity index (χ1) is 14.6. The molecule has 0 unspecified atom stereocenters. The second kappa shape index (κ2) is 10.4. The fraction of sp³-hybridized carbons (Fsp3) is 0.240. The maximum Gasteiger partial charge on any atom is 0.417 e. The summed E-state index contributed by atoms with van der Waals surface area (Å²) in [6.45, 7) is 3.79. The highest BCUT2D eigenvalue weighted by molar-refractivity contribution is 5.85. The third-order valence-electron chi connectivity index (χ3n) is 5.20. The lowest BCUT2D eigenvalue weighted by molar-refractivity contribution is 0.226. The molecule has 31 heavy (non-hydrogen) atoms. The van der Waals surface area contributed by atoms with E-state index in [0.29, 0.717) is 5.58 Å². The molecule has 0 spiro atoms. The van der Waals surface area contributed by atoms with Crippen LogP contribution in [0, 0.1) is 0 Å². The van der Waals surface area contributed by atoms with Gasteiger partial charge in [0.2, 0.25) is 0 Å². The molecule has 0 amide bonds. The van der Waals surface area contributed by atoms with E-state index in [1.54, 1.807) is 0 Å². The highest BCUT2D eigenvalue weighted by Crippen LogP contribution is 2.24. The highest BCUT2D eigenvalue weighted by Gasteiger charge is 2.10. The lowest BCUT2D eigenvalue weighted by atomic mass is 10.0. The normalized spacial score (nSPS) is 11.2. The van der Waals surface area contributed by atoms with Crippen LogP contribution in [-0.4, -0.2) is 42.0 Å². The molecule has 0 atom stereocenters. The number of nitrogens with zero attached hydrogens (tertiary/aromatic N) is 2. The molecule has 0 aliphatic carbocycles. The van der Waals surface area contributed by atoms with Crippen LogP contribution >= 0.6 is 12.4 Å². The monoisotopic (exact) mass is 437 g/mol. The largest absolute Gasteiger partial charge is 0.417 e. The van der Waals surface area contributed by atoms with Crippen LogP contribution in [0.5, 0.6) is 0 Å². The minimum atomic E-state index is -0.423. The number of H-pyrrole nitrogens is 1. The molecule has 1 aromatic heterocycles. The molecule has 0 aliphatic heterocycles. The summed E-state index contributed by atoms with van der Waals surface area (Å²) >= 11 is 0. The summed E-state index contributed by atoms with van der Waals surface area (Å²) < 4.78 is 5.22. The van der Waals surface area contributed by atoms with Crippen LogP contribution in [0.4, 0.5) is 0 Å². The Labute approximate surface area is 188 Å². The van der Waals surface area contributed by atoms with Crippen LogP contribution < -0.4 is 5.76 Å². The minimum absolute atomic E-state index is 0. The Balaban J connectivity index is 0.00000272. The number of hydrogen-bond acceptors (Lipinski definition) is 4. The Kier molecular flexibility index (Phi) is 7.69. The molecule has 0 aliphatic rings. The van der Waals surface area contributed by atoms with E-state index in [0.717, 1.165) is 42.8 Å². The number of nitrogens with one attached hydrogen (secondary N) is 1. The predicted molar refractivity (Wildman–Crippen MR) is 129 cm³/mol. The Morgan fingerprint density at radius 2 is 1.52 bits per heavy atom. The number of rotatable bonds is 8. The molecule has 4 rings (SSSR count). The van der Waals surface area contributed by atoms with Crippen molar-refractivity contribution >= 4 is 23.5 Å². The van der Waals surface area contributed by atoms with Crippen molar-refractivity contribution in [3.05, 3.63) is 94.5 Å². The smallest absolute Gasteiger partial charge is 0.408 e. The van der Waals surface area contributed by atoms with Crippen molar-refractivity contribution in [2.45, 2.75) is 13.1 Å². The van der Waals surface area contributed by atoms with E-state index in [4.69, 9.17) is 4.42 Å². The fourth-order valence-corrected chi connectivity index (χ4v) is 3.63. The van der Waals surface area contributed by atoms with E-state index in [2.05, 4.69) is 83.5 Å². The Bertz CT molecular complexity index is 1170. The van der Waals surface area contributed by atoms with Crippen LogP contribution in [0.3, 0.4) is 0 Å². The van der Waals surface area contributed by atoms with E-state index >= 15 is 0 Å². The summed E-state index contributed by atoms with van der Waals surface area (Å²) in [5.74, 6) is -0.423. The summed E-state index contributed by atoms with van der Waals surface area (Å²) in [6.07, 6.45) is 0. The highest BCUT2D eigenvalue weighted by atomic mass is 35.5. The molecular formula is C25H28ClN3O2. The second-order valence-electron chi connectivity index (χ2n) is 7.93. The summed E-state index contributed by atoms with van der Waals surface area (Å²) in [4.78, 5) is 18.8. The lowest BCUT2D eigenvalue weighted by Crippen LogP contribution is -2.31. The summed E-state index contributed by atoms with van der Waals surface area (Å²) in [7, 11) is 4.22. The molecule has 1 heterocycles. The average Bonchev–Trinajstić information content (AvgIpc) is 3.12. The number of hydrogen-bond donors (Lipinski definition) is 1. The number of oxazole rings is 1. The molecule has 4 aromatic rings. The standard InChI is InChI=1S/C25H27N3O2.ClH/c1-27(2)13-14-28(17-19-7-4-3-5-8-19)18-20-9-6-10-21(15-20)22-11-12-23-24(16-22)30-25(29)26-23;/h3-12,15-16H,13-14,17-18H2,1-2H3,(H,26,29);1H. The lowest BCUT2D eigenvalue weighted by Gasteiger charge is -2.24. The van der Waals surface area contributed by atoms with Gasteiger partial charge in [-0.05, 0) is 54.5 Å². The van der Waals surface area contributed by atoms with Crippen molar-refractivity contribution in [2.75, 3.05) is 27.2 Å². The van der Waals surface area contributed by atoms with Crippen LogP contribution in [0.2, 0.25) is 0 Å². The SMILES string of the molecule is CN(C)CCN(Cc1ccccc1)Cc1cccc(-c2ccc3[nH]c(=O)oc3c2)c1.Cl. The van der Waals surface area contributed by atoms with E-state index in [-0.39, 0.29) is 12.4 Å². The summed E-state index contributed by atoms with van der Waals surface area (Å²) in [5.41, 5.74) is 6.04. The molecule has 0 radical (unpaired) electrons. The van der Waals surface area contributed by atoms with Crippen molar-refractivity contribution in [1.82, 2.24) is 14.8 Å². The van der Waals surface area contributed by atoms with Crippen LogP contribution in [-0.2, 0) is 13.1 Å². The van der Waals surface area contributed by atoms with Gasteiger partial charge in [0.25, 0.3) is 0 Å². The number of halogens is 1. The van der Waals surface area contributed by atoms with Gasteiger partial charge in [0, 0.05) is 26.2 Å². The van der Waals surface area contributed by atoms with Crippen molar-refractivity contribution in [1.29, 1.82) is 0 Å². The van der Waals surface area contributed by atoms with Crippen LogP contribution in [0.1, 0.15) is 11.1 Å². The topological polar surface area (TPSA) is 52.5 Å². The van der Waals surface area contributed by atoms with Gasteiger partial charge in [-0.15, -0.1) is 12.4 Å². The molecule has 0 bridgehead atoms. The first-order valence-electron chi connectivity index (χ1n) is 10.2. The quantitative estimate of drug-likeness (QED) is 0.431. The molecular weight excluding hydrogens is 410 g/mol. The van der Waals surface area contributed by atoms with Crippen molar-refractivity contribution in [2.24, 2.45) is 0 Å². The van der Waals surface area contributed by atoms with Gasteiger partial charge in [-0.25, -0.2) is 4.79 Å². The van der Waals surface area contributed by atoms with E-state index in [9.17, 15) is 4.79 Å². The minimum Gasteiger partial charge on any atom is -0.408 e. The molecule has 0 fully saturated rings. The predicted octanol–water partition coefficient (Wildman–Crippen LogP) is 4.77. The number of benzene rings is 3. The number of fused-ring (bicyclic) bond motifs is 1. The van der Waals surface area contributed by atoms with Gasteiger partial charge in [-0.2, -0.15) is 0 Å². The molecule has 0 saturated heterocycles. The molecule has 162 valence electrons. The molecule has 5 nitrogen and oxygen atoms in total. The van der Waals surface area contributed by atoms with Crippen molar-refractivity contribution in [3.63, 3.8) is 0 Å². The van der Waals surface area contributed by atoms with Crippen molar-refractivity contribution < 1.29 is 4.42 Å². The summed E-state index contributed by atoms with van der Waals surface area (Å²) in [5, 5.41) is 0. The van der Waals surface area contributed by atoms with Crippen LogP contribution in [0.25, 0.3) is 22.2 Å². The first-order valence-corrected chi connectivity index (χ1v) is 10.2. The third-order valence-corrected chi connectivity index (χ3v) is 5.20. The maximum atomic E-state index is 11.4. The van der Waals surface area contributed by atoms with E-state index in [1.807, 2.05) is 18.2 Å². The van der Waals surface area contributed by atoms with Crippen LogP contribution in [0.15, 0.2) is 82.0 Å². The summed E-state index contributed by atoms with van der Waals surface area (Å²) in [6, 6.07) is 25.0. The third kappa shape index (κ3) is 6.07. The number of likely N-dealkylation sites (N-methyl/N-ethyl adjacent to an activating group) is 1. The maximum absolute atomic E-state index is 11.4. The van der Waals surface area contributed by atoms with Gasteiger partial charge < -0.3 is 9.32 Å². The molecule has 6 heteroatoms. The van der Waals surface area contributed by atoms with E-state index < -0.39 is 5.76 Å². The van der Waals surface area contributed by atoms with E-state index in [1.165, 1.54) is 11.1 Å². The number of aromatic amines is 1. The average molecular weight is 438 g/mol. The number of aromatic nitrogens is 1. The zero-order valence-electron chi connectivity index (χ0n) is 17.9. The van der Waals surface area contributed by atoms with Gasteiger partial charge in [-0.3, -0.25) is 9.88 Å². The zero-order valence-corrected chi connectivity index (χ0v) is 18.7. The molecule has 0 saturated carbocycles. The first kappa shape index (κ1) is 22.8. The Morgan fingerprint density at radius 3 is 2.29 bits per heavy atom. The molecule has 1 N–H and O–H groups in total. The van der Waals surface area contributed by atoms with Crippen molar-refractivity contribution in [3.8, 4) is 11.1 Å². The second-order valence-corrected chi connectivity index (χ2v) is 7.93. The Hall–Kier alpha value is -2.86. The van der Waals surface area contributed by atoms with Gasteiger partial charge in [0.15, 0.2) is 5.58 Å². The Morgan fingerprint density at radius 1 is 0.806 bits per heavy atom. The molecule has 3 aromatic carbocycles.